The number of halogens is 3. The summed E-state index contributed by atoms with van der Waals surface area (Å²) in [6, 6.07) is 1.51. The number of hydrogen-bond acceptors (Lipinski definition) is 2. The molecule has 1 aromatic heterocycles. The third kappa shape index (κ3) is 1.99. The third-order valence-corrected chi connectivity index (χ3v) is 1.05. The first kappa shape index (κ1) is 8.59. The van der Waals surface area contributed by atoms with Gasteiger partial charge in [0.1, 0.15) is 18.8 Å². The van der Waals surface area contributed by atoms with Crippen LogP contribution in [0.3, 0.4) is 0 Å². The summed E-state index contributed by atoms with van der Waals surface area (Å²) in [6.45, 7) is -1.26. The minimum absolute atomic E-state index is 0.271. The SMILES string of the molecule is N#Cc1[c]n[c]n1CC(F)(F)F. The van der Waals surface area contributed by atoms with Gasteiger partial charge in [-0.3, -0.25) is 0 Å². The highest BCUT2D eigenvalue weighted by molar-refractivity contribution is 5.15. The molecule has 0 aliphatic rings. The Balaban J connectivity index is 2.84. The van der Waals surface area contributed by atoms with E-state index in [4.69, 9.17) is 5.26 Å². The van der Waals surface area contributed by atoms with E-state index in [1.807, 2.05) is 6.33 Å². The lowest BCUT2D eigenvalue weighted by molar-refractivity contribution is -0.140. The molecule has 2 radical (unpaired) electrons. The van der Waals surface area contributed by atoms with Gasteiger partial charge in [-0.25, -0.2) is 4.98 Å². The van der Waals surface area contributed by atoms with Crippen LogP contribution in [-0.2, 0) is 6.54 Å². The lowest BCUT2D eigenvalue weighted by Crippen LogP contribution is -2.18. The molecule has 62 valence electrons. The van der Waals surface area contributed by atoms with Gasteiger partial charge >= 0.3 is 6.18 Å². The van der Waals surface area contributed by atoms with Crippen molar-refractivity contribution in [1.82, 2.24) is 9.55 Å². The molecule has 12 heavy (non-hydrogen) atoms. The Bertz CT molecular complexity index is 307. The Hall–Kier alpha value is -1.51. The largest absolute Gasteiger partial charge is 0.406 e. The molecule has 1 rings (SSSR count). The van der Waals surface area contributed by atoms with E-state index in [0.29, 0.717) is 4.57 Å². The van der Waals surface area contributed by atoms with Crippen LogP contribution < -0.4 is 0 Å². The average Bonchev–Trinajstić information content (AvgIpc) is 2.31. The summed E-state index contributed by atoms with van der Waals surface area (Å²) in [5.74, 6) is 0. The van der Waals surface area contributed by atoms with Gasteiger partial charge < -0.3 is 4.57 Å². The fraction of sp³-hybridized carbons (Fsp3) is 0.333. The van der Waals surface area contributed by atoms with Crippen LogP contribution in [0.2, 0.25) is 0 Å². The van der Waals surface area contributed by atoms with E-state index in [2.05, 4.69) is 11.2 Å². The lowest BCUT2D eigenvalue weighted by atomic mass is 10.5. The Kier molecular flexibility index (Phi) is 2.04. The Morgan fingerprint density at radius 1 is 1.58 bits per heavy atom. The highest BCUT2D eigenvalue weighted by Gasteiger charge is 2.28. The first-order valence-corrected chi connectivity index (χ1v) is 2.85. The van der Waals surface area contributed by atoms with Crippen molar-refractivity contribution in [1.29, 1.82) is 5.26 Å². The minimum Gasteiger partial charge on any atom is -0.303 e. The van der Waals surface area contributed by atoms with E-state index in [-0.39, 0.29) is 5.69 Å². The fourth-order valence-corrected chi connectivity index (χ4v) is 0.628. The quantitative estimate of drug-likeness (QED) is 0.633. The summed E-state index contributed by atoms with van der Waals surface area (Å²) in [4.78, 5) is 3.17. The van der Waals surface area contributed by atoms with Gasteiger partial charge in [0.2, 0.25) is 0 Å². The highest BCUT2D eigenvalue weighted by atomic mass is 19.4. The molecule has 0 fully saturated rings. The topological polar surface area (TPSA) is 41.6 Å². The number of hydrogen-bond donors (Lipinski definition) is 0. The van der Waals surface area contributed by atoms with Crippen LogP contribution in [0.25, 0.3) is 0 Å². The molecular weight excluding hydrogens is 171 g/mol. The predicted octanol–water partition coefficient (Wildman–Crippen LogP) is 0.917. The van der Waals surface area contributed by atoms with Crippen LogP contribution in [0.15, 0.2) is 0 Å². The summed E-state index contributed by atoms with van der Waals surface area (Å²) in [5.41, 5.74) is -0.271. The monoisotopic (exact) mass is 173 g/mol. The number of alkyl halides is 3. The van der Waals surface area contributed by atoms with Crippen LogP contribution in [-0.4, -0.2) is 15.7 Å². The zero-order valence-electron chi connectivity index (χ0n) is 5.68. The van der Waals surface area contributed by atoms with Gasteiger partial charge in [-0.15, -0.1) is 0 Å². The normalized spacial score (nSPS) is 11.2. The first-order chi connectivity index (χ1) is 5.53. The van der Waals surface area contributed by atoms with Gasteiger partial charge in [0.25, 0.3) is 0 Å². The van der Waals surface area contributed by atoms with Crippen molar-refractivity contribution in [3.05, 3.63) is 18.2 Å². The molecule has 0 amide bonds. The van der Waals surface area contributed by atoms with E-state index in [1.54, 1.807) is 0 Å². The molecule has 0 N–H and O–H groups in total. The Morgan fingerprint density at radius 2 is 2.25 bits per heavy atom. The molecule has 0 spiro atoms. The number of nitrogens with zero attached hydrogens (tertiary/aromatic N) is 3. The lowest BCUT2D eigenvalue weighted by Gasteiger charge is -2.06. The second-order valence-electron chi connectivity index (χ2n) is 1.99. The molecule has 6 heteroatoms. The van der Waals surface area contributed by atoms with Crippen molar-refractivity contribution < 1.29 is 13.2 Å². The average molecular weight is 173 g/mol. The zero-order valence-corrected chi connectivity index (χ0v) is 5.68. The van der Waals surface area contributed by atoms with Gasteiger partial charge in [-0.1, -0.05) is 0 Å². The van der Waals surface area contributed by atoms with Crippen LogP contribution in [0.5, 0.6) is 0 Å². The Labute approximate surface area is 66.1 Å². The number of aromatic nitrogens is 2. The minimum atomic E-state index is -4.36. The van der Waals surface area contributed by atoms with Crippen molar-refractivity contribution in [2.24, 2.45) is 0 Å². The standard InChI is InChI=1S/C6H2F3N3/c7-6(8,9)3-12-4-11-2-5(12)1-10/h3H2. The maximum absolute atomic E-state index is 11.7. The van der Waals surface area contributed by atoms with E-state index in [9.17, 15) is 13.2 Å². The van der Waals surface area contributed by atoms with E-state index in [0.717, 1.165) is 0 Å². The van der Waals surface area contributed by atoms with E-state index >= 15 is 0 Å². The summed E-state index contributed by atoms with van der Waals surface area (Å²) in [6.07, 6.45) is -0.308. The molecule has 0 aliphatic carbocycles. The molecule has 0 atom stereocenters. The van der Waals surface area contributed by atoms with Gasteiger partial charge in [0, 0.05) is 0 Å². The molecule has 1 aromatic rings. The second kappa shape index (κ2) is 2.85. The molecule has 0 aliphatic heterocycles. The maximum atomic E-state index is 11.7. The van der Waals surface area contributed by atoms with Crippen LogP contribution >= 0.6 is 0 Å². The molecular formula is C6H2F3N3. The van der Waals surface area contributed by atoms with Crippen molar-refractivity contribution in [3.8, 4) is 6.07 Å². The molecule has 1 heterocycles. The van der Waals surface area contributed by atoms with Crippen LogP contribution in [0, 0.1) is 23.9 Å². The highest BCUT2D eigenvalue weighted by Crippen LogP contribution is 2.17. The first-order valence-electron chi connectivity index (χ1n) is 2.85. The number of rotatable bonds is 1. The van der Waals surface area contributed by atoms with Gasteiger partial charge in [-0.2, -0.15) is 18.4 Å². The van der Waals surface area contributed by atoms with Gasteiger partial charge in [-0.05, 0) is 0 Å². The van der Waals surface area contributed by atoms with Crippen molar-refractivity contribution in [2.45, 2.75) is 12.7 Å². The van der Waals surface area contributed by atoms with E-state index in [1.165, 1.54) is 6.07 Å². The van der Waals surface area contributed by atoms with E-state index < -0.39 is 12.7 Å². The third-order valence-electron chi connectivity index (χ3n) is 1.05. The van der Waals surface area contributed by atoms with Crippen molar-refractivity contribution >= 4 is 0 Å². The summed E-state index contributed by atoms with van der Waals surface area (Å²) < 4.78 is 35.8. The summed E-state index contributed by atoms with van der Waals surface area (Å²) in [7, 11) is 0. The number of nitriles is 1. The molecule has 0 saturated heterocycles. The molecule has 0 aromatic carbocycles. The number of imidazole rings is 1. The molecule has 3 nitrogen and oxygen atoms in total. The Morgan fingerprint density at radius 3 is 2.75 bits per heavy atom. The zero-order chi connectivity index (χ0) is 9.19. The predicted molar refractivity (Wildman–Crippen MR) is 30.7 cm³/mol. The smallest absolute Gasteiger partial charge is 0.303 e. The van der Waals surface area contributed by atoms with Crippen LogP contribution in [0.1, 0.15) is 5.69 Å². The summed E-state index contributed by atoms with van der Waals surface area (Å²) >= 11 is 0. The maximum Gasteiger partial charge on any atom is 0.406 e. The van der Waals surface area contributed by atoms with Crippen molar-refractivity contribution in [2.75, 3.05) is 0 Å². The second-order valence-corrected chi connectivity index (χ2v) is 1.99. The summed E-state index contributed by atoms with van der Waals surface area (Å²) in [5, 5.41) is 8.27. The van der Waals surface area contributed by atoms with Gasteiger partial charge in [0.05, 0.1) is 0 Å². The van der Waals surface area contributed by atoms with Crippen molar-refractivity contribution in [3.63, 3.8) is 0 Å². The fourth-order valence-electron chi connectivity index (χ4n) is 0.628. The van der Waals surface area contributed by atoms with Gasteiger partial charge in [0.15, 0.2) is 12.0 Å². The van der Waals surface area contributed by atoms with Crippen LogP contribution in [0.4, 0.5) is 13.2 Å². The molecule has 0 bridgehead atoms. The molecule has 0 unspecified atom stereocenters. The molecule has 0 saturated carbocycles.